The second-order valence-corrected chi connectivity index (χ2v) is 7.18. The molecule has 2 aromatic carbocycles. The summed E-state index contributed by atoms with van der Waals surface area (Å²) >= 11 is 0. The second-order valence-electron chi connectivity index (χ2n) is 7.18. The van der Waals surface area contributed by atoms with E-state index in [2.05, 4.69) is 34.6 Å². The van der Waals surface area contributed by atoms with Gasteiger partial charge in [-0.25, -0.2) is 0 Å². The normalized spacial score (nSPS) is 10.8. The number of carbonyl (C=O) groups is 1. The first-order valence-corrected chi connectivity index (χ1v) is 10.2. The Bertz CT molecular complexity index is 853. The Labute approximate surface area is 167 Å². The van der Waals surface area contributed by atoms with E-state index >= 15 is 0 Å². The van der Waals surface area contributed by atoms with Gasteiger partial charge in [-0.05, 0) is 36.1 Å². The maximum absolute atomic E-state index is 12.5. The fraction of sp³-hybridized carbons (Fsp3) is 0.333. The molecule has 4 heteroatoms. The highest BCUT2D eigenvalue weighted by Crippen LogP contribution is 2.20. The van der Waals surface area contributed by atoms with Gasteiger partial charge in [0.1, 0.15) is 0 Å². The van der Waals surface area contributed by atoms with Crippen LogP contribution in [0.5, 0.6) is 0 Å². The number of nitrogens with zero attached hydrogens (tertiary/aromatic N) is 1. The molecule has 0 spiro atoms. The summed E-state index contributed by atoms with van der Waals surface area (Å²) < 4.78 is 0. The molecule has 0 atom stereocenters. The fourth-order valence-corrected chi connectivity index (χ4v) is 3.33. The van der Waals surface area contributed by atoms with Gasteiger partial charge in [-0.1, -0.05) is 75.1 Å². The van der Waals surface area contributed by atoms with Gasteiger partial charge in [-0.2, -0.15) is 5.10 Å². The molecular formula is C24H29N3O. The molecule has 0 bridgehead atoms. The van der Waals surface area contributed by atoms with Crippen LogP contribution in [0, 0.1) is 0 Å². The summed E-state index contributed by atoms with van der Waals surface area (Å²) in [7, 11) is 0. The van der Waals surface area contributed by atoms with E-state index < -0.39 is 0 Å². The van der Waals surface area contributed by atoms with Gasteiger partial charge in [0.2, 0.25) is 0 Å². The Morgan fingerprint density at radius 1 is 0.964 bits per heavy atom. The number of amides is 1. The largest absolute Gasteiger partial charge is 0.348 e. The fourth-order valence-electron chi connectivity index (χ4n) is 3.33. The van der Waals surface area contributed by atoms with Crippen molar-refractivity contribution in [1.29, 1.82) is 0 Å². The molecule has 2 N–H and O–H groups in total. The lowest BCUT2D eigenvalue weighted by Gasteiger charge is -2.07. The van der Waals surface area contributed by atoms with Crippen LogP contribution < -0.4 is 5.32 Å². The number of H-pyrrole nitrogens is 1. The third kappa shape index (κ3) is 5.56. The SMILES string of the molecule is CCCCCCCc1ccc(C(=O)NCc2cn[nH]c2-c2ccccc2)cc1. The highest BCUT2D eigenvalue weighted by molar-refractivity contribution is 5.94. The minimum Gasteiger partial charge on any atom is -0.348 e. The summed E-state index contributed by atoms with van der Waals surface area (Å²) in [6.07, 6.45) is 9.26. The minimum absolute atomic E-state index is 0.0605. The molecule has 1 heterocycles. The van der Waals surface area contributed by atoms with Gasteiger partial charge in [0.25, 0.3) is 5.91 Å². The quantitative estimate of drug-likeness (QED) is 0.458. The van der Waals surface area contributed by atoms with Crippen LogP contribution in [0.4, 0.5) is 0 Å². The van der Waals surface area contributed by atoms with Gasteiger partial charge in [-0.3, -0.25) is 9.89 Å². The zero-order valence-electron chi connectivity index (χ0n) is 16.6. The molecule has 0 saturated carbocycles. The van der Waals surface area contributed by atoms with Crippen LogP contribution in [-0.4, -0.2) is 16.1 Å². The van der Waals surface area contributed by atoms with E-state index in [0.717, 1.165) is 23.2 Å². The first-order valence-electron chi connectivity index (χ1n) is 10.2. The molecule has 0 saturated heterocycles. The third-order valence-electron chi connectivity index (χ3n) is 5.00. The molecule has 0 aliphatic heterocycles. The van der Waals surface area contributed by atoms with Crippen molar-refractivity contribution in [2.45, 2.75) is 52.0 Å². The maximum Gasteiger partial charge on any atom is 0.251 e. The third-order valence-corrected chi connectivity index (χ3v) is 5.00. The molecular weight excluding hydrogens is 346 g/mol. The van der Waals surface area contributed by atoms with Crippen molar-refractivity contribution in [1.82, 2.24) is 15.5 Å². The molecule has 0 unspecified atom stereocenters. The summed E-state index contributed by atoms with van der Waals surface area (Å²) in [5.41, 5.74) is 4.98. The topological polar surface area (TPSA) is 57.8 Å². The summed E-state index contributed by atoms with van der Waals surface area (Å²) in [6, 6.07) is 18.0. The van der Waals surface area contributed by atoms with Crippen LogP contribution in [0.3, 0.4) is 0 Å². The highest BCUT2D eigenvalue weighted by atomic mass is 16.1. The van der Waals surface area contributed by atoms with Crippen LogP contribution in [0.1, 0.15) is 60.5 Å². The monoisotopic (exact) mass is 375 g/mol. The van der Waals surface area contributed by atoms with Crippen molar-refractivity contribution in [2.75, 3.05) is 0 Å². The van der Waals surface area contributed by atoms with E-state index in [1.165, 1.54) is 37.7 Å². The Kier molecular flexibility index (Phi) is 7.42. The van der Waals surface area contributed by atoms with Crippen molar-refractivity contribution >= 4 is 5.91 Å². The Hall–Kier alpha value is -2.88. The average Bonchev–Trinajstić information content (AvgIpc) is 3.21. The number of rotatable bonds is 10. The molecule has 28 heavy (non-hydrogen) atoms. The van der Waals surface area contributed by atoms with Crippen LogP contribution in [0.15, 0.2) is 60.8 Å². The lowest BCUT2D eigenvalue weighted by Crippen LogP contribution is -2.22. The minimum atomic E-state index is -0.0605. The van der Waals surface area contributed by atoms with Crippen LogP contribution in [-0.2, 0) is 13.0 Å². The van der Waals surface area contributed by atoms with E-state index in [-0.39, 0.29) is 5.91 Å². The number of hydrogen-bond acceptors (Lipinski definition) is 2. The highest BCUT2D eigenvalue weighted by Gasteiger charge is 2.10. The van der Waals surface area contributed by atoms with E-state index in [1.807, 2.05) is 42.5 Å². The first kappa shape index (κ1) is 19.9. The molecule has 0 aliphatic rings. The van der Waals surface area contributed by atoms with Crippen LogP contribution in [0.25, 0.3) is 11.3 Å². The maximum atomic E-state index is 12.5. The lowest BCUT2D eigenvalue weighted by atomic mass is 10.0. The van der Waals surface area contributed by atoms with Crippen molar-refractivity contribution in [2.24, 2.45) is 0 Å². The Morgan fingerprint density at radius 3 is 2.46 bits per heavy atom. The summed E-state index contributed by atoms with van der Waals surface area (Å²) in [5.74, 6) is -0.0605. The number of unbranched alkanes of at least 4 members (excludes halogenated alkanes) is 4. The summed E-state index contributed by atoms with van der Waals surface area (Å²) in [4.78, 5) is 12.5. The lowest BCUT2D eigenvalue weighted by molar-refractivity contribution is 0.0951. The molecule has 1 amide bonds. The van der Waals surface area contributed by atoms with E-state index in [4.69, 9.17) is 0 Å². The smallest absolute Gasteiger partial charge is 0.251 e. The van der Waals surface area contributed by atoms with Crippen molar-refractivity contribution in [3.05, 3.63) is 77.5 Å². The van der Waals surface area contributed by atoms with Crippen molar-refractivity contribution in [3.63, 3.8) is 0 Å². The number of aromatic nitrogens is 2. The number of nitrogens with one attached hydrogen (secondary N) is 2. The molecule has 3 rings (SSSR count). The Morgan fingerprint density at radius 2 is 1.71 bits per heavy atom. The molecule has 4 nitrogen and oxygen atoms in total. The Balaban J connectivity index is 1.51. The van der Waals surface area contributed by atoms with Crippen molar-refractivity contribution in [3.8, 4) is 11.3 Å². The van der Waals surface area contributed by atoms with E-state index in [9.17, 15) is 4.79 Å². The van der Waals surface area contributed by atoms with Gasteiger partial charge in [0.15, 0.2) is 0 Å². The predicted molar refractivity (Wildman–Crippen MR) is 114 cm³/mol. The zero-order chi connectivity index (χ0) is 19.6. The van der Waals surface area contributed by atoms with Gasteiger partial charge in [-0.15, -0.1) is 0 Å². The van der Waals surface area contributed by atoms with Gasteiger partial charge in [0.05, 0.1) is 11.9 Å². The number of hydrogen-bond donors (Lipinski definition) is 2. The van der Waals surface area contributed by atoms with Gasteiger partial charge >= 0.3 is 0 Å². The molecule has 0 fully saturated rings. The van der Waals surface area contributed by atoms with Gasteiger partial charge in [0, 0.05) is 17.7 Å². The average molecular weight is 376 g/mol. The summed E-state index contributed by atoms with van der Waals surface area (Å²) in [6.45, 7) is 2.68. The van der Waals surface area contributed by atoms with E-state index in [0.29, 0.717) is 12.1 Å². The predicted octanol–water partition coefficient (Wildman–Crippen LogP) is 5.52. The first-order chi connectivity index (χ1) is 13.8. The zero-order valence-corrected chi connectivity index (χ0v) is 16.6. The number of aromatic amines is 1. The van der Waals surface area contributed by atoms with Crippen LogP contribution in [0.2, 0.25) is 0 Å². The summed E-state index contributed by atoms with van der Waals surface area (Å²) in [5, 5.41) is 10.2. The van der Waals surface area contributed by atoms with Crippen molar-refractivity contribution < 1.29 is 4.79 Å². The molecule has 0 radical (unpaired) electrons. The number of carbonyl (C=O) groups excluding carboxylic acids is 1. The molecule has 146 valence electrons. The number of aryl methyl sites for hydroxylation is 1. The molecule has 3 aromatic rings. The second kappa shape index (κ2) is 10.5. The molecule has 0 aliphatic carbocycles. The number of benzene rings is 2. The van der Waals surface area contributed by atoms with Gasteiger partial charge < -0.3 is 5.32 Å². The van der Waals surface area contributed by atoms with Crippen LogP contribution >= 0.6 is 0 Å². The van der Waals surface area contributed by atoms with E-state index in [1.54, 1.807) is 6.20 Å². The standard InChI is InChI=1S/C24H29N3O/c1-2-3-4-5-7-10-19-13-15-21(16-14-19)24(28)25-17-22-18-26-27-23(22)20-11-8-6-9-12-20/h6,8-9,11-16,18H,2-5,7,10,17H2,1H3,(H,25,28)(H,26,27). The molecule has 1 aromatic heterocycles.